The standard InChI is InChI=1S/C14H16N2O3/c1-9-13(10(2)19-16-9)7-14(18)15-8-11-3-5-12(17)6-4-11/h3-6,17H,7-8H2,1-2H3,(H,15,18). The largest absolute Gasteiger partial charge is 0.508 e. The molecule has 0 fully saturated rings. The van der Waals surface area contributed by atoms with Gasteiger partial charge >= 0.3 is 0 Å². The van der Waals surface area contributed by atoms with Crippen molar-refractivity contribution in [2.24, 2.45) is 0 Å². The predicted octanol–water partition coefficient (Wildman–Crippen LogP) is 1.86. The first-order valence-corrected chi connectivity index (χ1v) is 6.02. The maximum Gasteiger partial charge on any atom is 0.224 e. The van der Waals surface area contributed by atoms with Crippen molar-refractivity contribution in [2.75, 3.05) is 0 Å². The Morgan fingerprint density at radius 3 is 2.58 bits per heavy atom. The Bertz CT molecular complexity index is 553. The van der Waals surface area contributed by atoms with Gasteiger partial charge in [0, 0.05) is 12.1 Å². The van der Waals surface area contributed by atoms with Gasteiger partial charge in [-0.3, -0.25) is 4.79 Å². The highest BCUT2D eigenvalue weighted by Gasteiger charge is 2.12. The summed E-state index contributed by atoms with van der Waals surface area (Å²) in [6.07, 6.45) is 0.263. The quantitative estimate of drug-likeness (QED) is 0.879. The summed E-state index contributed by atoms with van der Waals surface area (Å²) < 4.78 is 5.01. The molecule has 1 aromatic heterocycles. The van der Waals surface area contributed by atoms with E-state index in [9.17, 15) is 4.79 Å². The van der Waals surface area contributed by atoms with Crippen LogP contribution in [-0.4, -0.2) is 16.2 Å². The fourth-order valence-electron chi connectivity index (χ4n) is 1.79. The fourth-order valence-corrected chi connectivity index (χ4v) is 1.79. The molecule has 19 heavy (non-hydrogen) atoms. The number of aromatic hydroxyl groups is 1. The van der Waals surface area contributed by atoms with E-state index in [0.717, 1.165) is 16.8 Å². The third-order valence-corrected chi connectivity index (χ3v) is 2.94. The number of hydrogen-bond donors (Lipinski definition) is 2. The molecule has 2 N–H and O–H groups in total. The molecule has 2 aromatic rings. The number of phenolic OH excluding ortho intramolecular Hbond substituents is 1. The number of benzene rings is 1. The Balaban J connectivity index is 1.90. The summed E-state index contributed by atoms with van der Waals surface area (Å²) in [5.74, 6) is 0.811. The first kappa shape index (κ1) is 13.1. The lowest BCUT2D eigenvalue weighted by molar-refractivity contribution is -0.120. The molecule has 5 nitrogen and oxygen atoms in total. The van der Waals surface area contributed by atoms with Crippen LogP contribution in [0.4, 0.5) is 0 Å². The molecule has 100 valence electrons. The molecule has 0 saturated carbocycles. The van der Waals surface area contributed by atoms with Crippen molar-refractivity contribution in [3.05, 3.63) is 46.8 Å². The van der Waals surface area contributed by atoms with Crippen LogP contribution in [-0.2, 0) is 17.8 Å². The molecule has 1 aromatic carbocycles. The number of nitrogens with zero attached hydrogens (tertiary/aromatic N) is 1. The zero-order chi connectivity index (χ0) is 13.8. The third-order valence-electron chi connectivity index (χ3n) is 2.94. The Labute approximate surface area is 111 Å². The van der Waals surface area contributed by atoms with Crippen LogP contribution in [0.2, 0.25) is 0 Å². The number of rotatable bonds is 4. The van der Waals surface area contributed by atoms with Crippen LogP contribution >= 0.6 is 0 Å². The van der Waals surface area contributed by atoms with Gasteiger partial charge in [0.1, 0.15) is 11.5 Å². The van der Waals surface area contributed by atoms with Crippen LogP contribution < -0.4 is 5.32 Å². The lowest BCUT2D eigenvalue weighted by Crippen LogP contribution is -2.24. The van der Waals surface area contributed by atoms with Crippen LogP contribution in [0.1, 0.15) is 22.6 Å². The molecule has 0 aliphatic heterocycles. The summed E-state index contributed by atoms with van der Waals surface area (Å²) in [5.41, 5.74) is 2.52. The highest BCUT2D eigenvalue weighted by molar-refractivity contribution is 5.78. The minimum Gasteiger partial charge on any atom is -0.508 e. The molecule has 0 spiro atoms. The summed E-state index contributed by atoms with van der Waals surface area (Å²) in [4.78, 5) is 11.8. The highest BCUT2D eigenvalue weighted by Crippen LogP contribution is 2.13. The van der Waals surface area contributed by atoms with Gasteiger partial charge < -0.3 is 14.9 Å². The molecule has 5 heteroatoms. The second-order valence-corrected chi connectivity index (χ2v) is 4.42. The third kappa shape index (κ3) is 3.34. The molecule has 0 bridgehead atoms. The lowest BCUT2D eigenvalue weighted by Gasteiger charge is -2.05. The molecule has 0 radical (unpaired) electrons. The van der Waals surface area contributed by atoms with Crippen molar-refractivity contribution in [1.29, 1.82) is 0 Å². The highest BCUT2D eigenvalue weighted by atomic mass is 16.5. The van der Waals surface area contributed by atoms with E-state index in [-0.39, 0.29) is 18.1 Å². The maximum atomic E-state index is 11.8. The zero-order valence-electron chi connectivity index (χ0n) is 10.9. The molecule has 1 amide bonds. The topological polar surface area (TPSA) is 75.4 Å². The second-order valence-electron chi connectivity index (χ2n) is 4.42. The molecule has 0 aliphatic rings. The Kier molecular flexibility index (Phi) is 3.85. The first-order chi connectivity index (χ1) is 9.06. The summed E-state index contributed by atoms with van der Waals surface area (Å²) in [6.45, 7) is 4.05. The summed E-state index contributed by atoms with van der Waals surface area (Å²) in [6, 6.07) is 6.72. The smallest absolute Gasteiger partial charge is 0.224 e. The molecule has 0 saturated heterocycles. The average molecular weight is 260 g/mol. The van der Waals surface area contributed by atoms with Gasteiger partial charge in [-0.25, -0.2) is 0 Å². The van der Waals surface area contributed by atoms with Crippen molar-refractivity contribution in [1.82, 2.24) is 10.5 Å². The van der Waals surface area contributed by atoms with Gasteiger partial charge in [-0.1, -0.05) is 17.3 Å². The van der Waals surface area contributed by atoms with Crippen LogP contribution in [0, 0.1) is 13.8 Å². The summed E-state index contributed by atoms with van der Waals surface area (Å²) >= 11 is 0. The van der Waals surface area contributed by atoms with Gasteiger partial charge in [0.25, 0.3) is 0 Å². The van der Waals surface area contributed by atoms with Crippen molar-refractivity contribution >= 4 is 5.91 Å². The van der Waals surface area contributed by atoms with Crippen molar-refractivity contribution in [2.45, 2.75) is 26.8 Å². The van der Waals surface area contributed by atoms with Crippen molar-refractivity contribution in [3.8, 4) is 5.75 Å². The van der Waals surface area contributed by atoms with E-state index in [1.54, 1.807) is 31.2 Å². The van der Waals surface area contributed by atoms with Gasteiger partial charge in [-0.15, -0.1) is 0 Å². The van der Waals surface area contributed by atoms with Gasteiger partial charge in [-0.05, 0) is 31.5 Å². The molecule has 1 heterocycles. The van der Waals surface area contributed by atoms with E-state index in [1.165, 1.54) is 0 Å². The number of hydrogen-bond acceptors (Lipinski definition) is 4. The number of carbonyl (C=O) groups excluding carboxylic acids is 1. The Hall–Kier alpha value is -2.30. The summed E-state index contributed by atoms with van der Waals surface area (Å²) in [7, 11) is 0. The average Bonchev–Trinajstić information content (AvgIpc) is 2.70. The van der Waals surface area contributed by atoms with E-state index in [0.29, 0.717) is 12.3 Å². The van der Waals surface area contributed by atoms with E-state index >= 15 is 0 Å². The monoisotopic (exact) mass is 260 g/mol. The molecule has 2 rings (SSSR count). The van der Waals surface area contributed by atoms with Crippen LogP contribution in [0.3, 0.4) is 0 Å². The molecule has 0 aliphatic carbocycles. The minimum absolute atomic E-state index is 0.0810. The van der Waals surface area contributed by atoms with E-state index < -0.39 is 0 Å². The van der Waals surface area contributed by atoms with E-state index in [4.69, 9.17) is 9.63 Å². The molecule has 0 atom stereocenters. The number of nitrogens with one attached hydrogen (secondary N) is 1. The van der Waals surface area contributed by atoms with Crippen LogP contribution in [0.5, 0.6) is 5.75 Å². The van der Waals surface area contributed by atoms with Crippen molar-refractivity contribution < 1.29 is 14.4 Å². The van der Waals surface area contributed by atoms with Gasteiger partial charge in [0.05, 0.1) is 12.1 Å². The maximum absolute atomic E-state index is 11.8. The molecular formula is C14H16N2O3. The van der Waals surface area contributed by atoms with Crippen LogP contribution in [0.25, 0.3) is 0 Å². The normalized spacial score (nSPS) is 10.4. The minimum atomic E-state index is -0.0810. The Morgan fingerprint density at radius 2 is 2.00 bits per heavy atom. The van der Waals surface area contributed by atoms with Crippen LogP contribution in [0.15, 0.2) is 28.8 Å². The number of carbonyl (C=O) groups is 1. The fraction of sp³-hybridized carbons (Fsp3) is 0.286. The number of aryl methyl sites for hydroxylation is 2. The number of amides is 1. The molecular weight excluding hydrogens is 244 g/mol. The number of aromatic nitrogens is 1. The summed E-state index contributed by atoms with van der Waals surface area (Å²) in [5, 5.41) is 15.8. The predicted molar refractivity (Wildman–Crippen MR) is 69.6 cm³/mol. The second kappa shape index (κ2) is 5.56. The lowest BCUT2D eigenvalue weighted by atomic mass is 10.1. The SMILES string of the molecule is Cc1noc(C)c1CC(=O)NCc1ccc(O)cc1. The van der Waals surface area contributed by atoms with Gasteiger partial charge in [0.15, 0.2) is 0 Å². The van der Waals surface area contributed by atoms with Gasteiger partial charge in [-0.2, -0.15) is 0 Å². The van der Waals surface area contributed by atoms with E-state index in [2.05, 4.69) is 10.5 Å². The van der Waals surface area contributed by atoms with E-state index in [1.807, 2.05) is 6.92 Å². The molecule has 0 unspecified atom stereocenters. The van der Waals surface area contributed by atoms with Crippen molar-refractivity contribution in [3.63, 3.8) is 0 Å². The Morgan fingerprint density at radius 1 is 1.32 bits per heavy atom. The number of phenols is 1. The van der Waals surface area contributed by atoms with Gasteiger partial charge in [0.2, 0.25) is 5.91 Å². The zero-order valence-corrected chi connectivity index (χ0v) is 10.9. The first-order valence-electron chi connectivity index (χ1n) is 6.02.